The van der Waals surface area contributed by atoms with Gasteiger partial charge in [0.25, 0.3) is 0 Å². The first-order valence-corrected chi connectivity index (χ1v) is 9.04. The van der Waals surface area contributed by atoms with E-state index in [1.165, 1.54) is 0 Å². The second-order valence-corrected chi connectivity index (χ2v) is 7.04. The molecule has 4 heteroatoms. The van der Waals surface area contributed by atoms with Crippen molar-refractivity contribution in [1.82, 2.24) is 9.97 Å². The fourth-order valence-corrected chi connectivity index (χ4v) is 3.08. The van der Waals surface area contributed by atoms with Gasteiger partial charge >= 0.3 is 0 Å². The fraction of sp³-hybridized carbons (Fsp3) is 0.227. The minimum atomic E-state index is 0.0823. The van der Waals surface area contributed by atoms with Crippen molar-refractivity contribution in [2.45, 2.75) is 32.6 Å². The number of rotatable bonds is 6. The zero-order valence-corrected chi connectivity index (χ0v) is 15.7. The molecule has 2 aromatic heterocycles. The molecule has 1 aromatic carbocycles. The summed E-state index contributed by atoms with van der Waals surface area (Å²) in [6, 6.07) is 15.9. The molecule has 3 rings (SSSR count). The molecular weight excluding hydrogens is 344 g/mol. The number of ketones is 1. The van der Waals surface area contributed by atoms with Crippen LogP contribution in [-0.4, -0.2) is 15.8 Å². The van der Waals surface area contributed by atoms with Crippen molar-refractivity contribution in [3.05, 3.63) is 82.9 Å². The Morgan fingerprint density at radius 3 is 2.46 bits per heavy atom. The van der Waals surface area contributed by atoms with E-state index in [1.807, 2.05) is 50.4 Å². The van der Waals surface area contributed by atoms with E-state index in [4.69, 9.17) is 11.6 Å². The van der Waals surface area contributed by atoms with Gasteiger partial charge in [0.05, 0.1) is 5.02 Å². The Hall–Kier alpha value is -2.52. The van der Waals surface area contributed by atoms with Crippen molar-refractivity contribution in [2.75, 3.05) is 0 Å². The minimum absolute atomic E-state index is 0.0823. The molecule has 0 fully saturated rings. The zero-order chi connectivity index (χ0) is 18.5. The van der Waals surface area contributed by atoms with Crippen molar-refractivity contribution < 1.29 is 4.79 Å². The molecule has 3 aromatic rings. The van der Waals surface area contributed by atoms with Gasteiger partial charge in [-0.25, -0.2) is 0 Å². The highest BCUT2D eigenvalue weighted by Crippen LogP contribution is 2.22. The second-order valence-electron chi connectivity index (χ2n) is 6.60. The van der Waals surface area contributed by atoms with E-state index in [0.717, 1.165) is 28.1 Å². The highest BCUT2D eigenvalue weighted by atomic mass is 35.5. The van der Waals surface area contributed by atoms with E-state index in [9.17, 15) is 4.79 Å². The molecule has 0 aliphatic rings. The van der Waals surface area contributed by atoms with Crippen molar-refractivity contribution in [3.63, 3.8) is 0 Å². The Morgan fingerprint density at radius 2 is 1.81 bits per heavy atom. The van der Waals surface area contributed by atoms with Crippen LogP contribution < -0.4 is 0 Å². The van der Waals surface area contributed by atoms with Crippen molar-refractivity contribution in [2.24, 2.45) is 0 Å². The first-order valence-electron chi connectivity index (χ1n) is 8.66. The lowest BCUT2D eigenvalue weighted by Crippen LogP contribution is -2.08. The van der Waals surface area contributed by atoms with Crippen LogP contribution in [0.3, 0.4) is 0 Å². The van der Waals surface area contributed by atoms with Crippen molar-refractivity contribution in [3.8, 4) is 11.1 Å². The number of benzene rings is 1. The number of carbonyl (C=O) groups excluding carboxylic acids is 1. The van der Waals surface area contributed by atoms with Crippen LogP contribution >= 0.6 is 11.6 Å². The molecule has 132 valence electrons. The Kier molecular flexibility index (Phi) is 5.79. The summed E-state index contributed by atoms with van der Waals surface area (Å²) < 4.78 is 0. The number of aromatic nitrogens is 2. The largest absolute Gasteiger partial charge is 0.299 e. The van der Waals surface area contributed by atoms with Crippen LogP contribution in [0, 0.1) is 6.92 Å². The monoisotopic (exact) mass is 364 g/mol. The first-order chi connectivity index (χ1) is 12.5. The average molecular weight is 365 g/mol. The smallest absolute Gasteiger partial charge is 0.137 e. The van der Waals surface area contributed by atoms with E-state index in [-0.39, 0.29) is 11.7 Å². The summed E-state index contributed by atoms with van der Waals surface area (Å²) in [7, 11) is 0. The maximum Gasteiger partial charge on any atom is 0.137 e. The Morgan fingerprint density at radius 1 is 1.04 bits per heavy atom. The average Bonchev–Trinajstić information content (AvgIpc) is 2.62. The molecule has 2 heterocycles. The standard InChI is InChI=1S/C22H21ClN2O/c1-15(22-8-7-20(23)14-25-22)11-21(26)13-17-3-5-18(6-4-17)19-9-10-24-16(2)12-19/h3-10,12,14-15H,11,13H2,1-2H3. The molecule has 0 bridgehead atoms. The molecule has 0 N–H and O–H groups in total. The summed E-state index contributed by atoms with van der Waals surface area (Å²) in [4.78, 5) is 20.9. The van der Waals surface area contributed by atoms with E-state index in [1.54, 1.807) is 6.20 Å². The van der Waals surface area contributed by atoms with Gasteiger partial charge in [0.1, 0.15) is 5.78 Å². The van der Waals surface area contributed by atoms with Gasteiger partial charge < -0.3 is 0 Å². The molecule has 0 saturated carbocycles. The molecule has 1 unspecified atom stereocenters. The van der Waals surface area contributed by atoms with Crippen LogP contribution in [-0.2, 0) is 11.2 Å². The number of aryl methyl sites for hydroxylation is 1. The summed E-state index contributed by atoms with van der Waals surface area (Å²) in [5.74, 6) is 0.292. The van der Waals surface area contributed by atoms with Crippen LogP contribution in [0.4, 0.5) is 0 Å². The van der Waals surface area contributed by atoms with E-state index >= 15 is 0 Å². The quantitative estimate of drug-likeness (QED) is 0.587. The van der Waals surface area contributed by atoms with Gasteiger partial charge in [-0.15, -0.1) is 0 Å². The van der Waals surface area contributed by atoms with E-state index in [2.05, 4.69) is 28.2 Å². The van der Waals surface area contributed by atoms with E-state index in [0.29, 0.717) is 17.9 Å². The van der Waals surface area contributed by atoms with Gasteiger partial charge in [0.15, 0.2) is 0 Å². The lowest BCUT2D eigenvalue weighted by Gasteiger charge is -2.10. The number of pyridine rings is 2. The summed E-state index contributed by atoms with van der Waals surface area (Å²) in [5.41, 5.74) is 5.18. The summed E-state index contributed by atoms with van der Waals surface area (Å²) >= 11 is 5.86. The molecule has 0 spiro atoms. The molecule has 0 saturated heterocycles. The Bertz CT molecular complexity index is 889. The summed E-state index contributed by atoms with van der Waals surface area (Å²) in [6.45, 7) is 4.00. The van der Waals surface area contributed by atoms with Gasteiger partial charge in [-0.1, -0.05) is 42.8 Å². The van der Waals surface area contributed by atoms with Gasteiger partial charge in [0, 0.05) is 42.5 Å². The number of carbonyl (C=O) groups is 1. The molecule has 0 aliphatic carbocycles. The van der Waals surface area contributed by atoms with Crippen LogP contribution in [0.15, 0.2) is 60.9 Å². The SMILES string of the molecule is Cc1cc(-c2ccc(CC(=O)CC(C)c3ccc(Cl)cn3)cc2)ccn1. The van der Waals surface area contributed by atoms with Crippen LogP contribution in [0.2, 0.25) is 5.02 Å². The minimum Gasteiger partial charge on any atom is -0.299 e. The van der Waals surface area contributed by atoms with Gasteiger partial charge in [-0.2, -0.15) is 0 Å². The highest BCUT2D eigenvalue weighted by Gasteiger charge is 2.13. The van der Waals surface area contributed by atoms with Gasteiger partial charge in [-0.05, 0) is 47.9 Å². The molecule has 3 nitrogen and oxygen atoms in total. The number of nitrogens with zero attached hydrogens (tertiary/aromatic N) is 2. The van der Waals surface area contributed by atoms with Crippen LogP contribution in [0.25, 0.3) is 11.1 Å². The summed E-state index contributed by atoms with van der Waals surface area (Å²) in [5, 5.41) is 0.608. The van der Waals surface area contributed by atoms with Gasteiger partial charge in [0.2, 0.25) is 0 Å². The third kappa shape index (κ3) is 4.77. The highest BCUT2D eigenvalue weighted by molar-refractivity contribution is 6.30. The van der Waals surface area contributed by atoms with Crippen molar-refractivity contribution in [1.29, 1.82) is 0 Å². The molecule has 0 aliphatic heterocycles. The molecule has 0 radical (unpaired) electrons. The first kappa shape index (κ1) is 18.3. The Balaban J connectivity index is 1.61. The topological polar surface area (TPSA) is 42.9 Å². The predicted molar refractivity (Wildman–Crippen MR) is 105 cm³/mol. The third-order valence-corrected chi connectivity index (χ3v) is 4.60. The molecule has 26 heavy (non-hydrogen) atoms. The number of hydrogen-bond donors (Lipinski definition) is 0. The van der Waals surface area contributed by atoms with Crippen LogP contribution in [0.1, 0.15) is 36.2 Å². The maximum atomic E-state index is 12.4. The molecule has 0 amide bonds. The zero-order valence-electron chi connectivity index (χ0n) is 14.9. The predicted octanol–water partition coefficient (Wildman–Crippen LogP) is 5.41. The summed E-state index contributed by atoms with van der Waals surface area (Å²) in [6.07, 6.45) is 4.35. The number of halogens is 1. The number of Topliss-reactive ketones (excluding diaryl/α,β-unsaturated/α-hetero) is 1. The number of hydrogen-bond acceptors (Lipinski definition) is 3. The normalized spacial score (nSPS) is 12.0. The van der Waals surface area contributed by atoms with Gasteiger partial charge in [-0.3, -0.25) is 14.8 Å². The maximum absolute atomic E-state index is 12.4. The molecular formula is C22H21ClN2O. The van der Waals surface area contributed by atoms with Crippen molar-refractivity contribution >= 4 is 17.4 Å². The van der Waals surface area contributed by atoms with Crippen LogP contribution in [0.5, 0.6) is 0 Å². The fourth-order valence-electron chi connectivity index (χ4n) is 2.96. The second kappa shape index (κ2) is 8.24. The Labute approximate surface area is 159 Å². The molecule has 1 atom stereocenters. The lowest BCUT2D eigenvalue weighted by molar-refractivity contribution is -0.118. The third-order valence-electron chi connectivity index (χ3n) is 4.37. The van der Waals surface area contributed by atoms with E-state index < -0.39 is 0 Å². The lowest BCUT2D eigenvalue weighted by atomic mass is 9.96.